The summed E-state index contributed by atoms with van der Waals surface area (Å²) in [6, 6.07) is 6.98. The zero-order valence-corrected chi connectivity index (χ0v) is 12.6. The van der Waals surface area contributed by atoms with Crippen LogP contribution >= 0.6 is 11.6 Å². The van der Waals surface area contributed by atoms with Gasteiger partial charge in [0.2, 0.25) is 10.0 Å². The molecule has 0 saturated heterocycles. The second kappa shape index (κ2) is 5.76. The van der Waals surface area contributed by atoms with Gasteiger partial charge >= 0.3 is 0 Å². The fourth-order valence-corrected chi connectivity index (χ4v) is 2.60. The number of anilines is 2. The van der Waals surface area contributed by atoms with Gasteiger partial charge in [-0.05, 0) is 31.2 Å². The minimum atomic E-state index is -3.34. The topological polar surface area (TPSA) is 71.3 Å². The van der Waals surface area contributed by atoms with Gasteiger partial charge in [0.15, 0.2) is 0 Å². The van der Waals surface area contributed by atoms with E-state index in [9.17, 15) is 8.42 Å². The summed E-state index contributed by atoms with van der Waals surface area (Å²) in [4.78, 5) is 0. The molecule has 0 spiro atoms. The van der Waals surface area contributed by atoms with E-state index in [0.717, 1.165) is 17.5 Å². The van der Waals surface area contributed by atoms with Gasteiger partial charge in [0, 0.05) is 11.3 Å². The predicted octanol–water partition coefficient (Wildman–Crippen LogP) is 3.48. The van der Waals surface area contributed by atoms with E-state index in [2.05, 4.69) is 10.0 Å². The number of benzene rings is 1. The molecule has 1 aromatic heterocycles. The Morgan fingerprint density at radius 2 is 2.05 bits per heavy atom. The molecule has 0 amide bonds. The van der Waals surface area contributed by atoms with Crippen molar-refractivity contribution in [2.75, 3.05) is 16.3 Å². The Morgan fingerprint density at radius 1 is 1.30 bits per heavy atom. The highest BCUT2D eigenvalue weighted by atomic mass is 35.5. The molecule has 5 nitrogen and oxygen atoms in total. The van der Waals surface area contributed by atoms with E-state index in [1.807, 2.05) is 13.0 Å². The summed E-state index contributed by atoms with van der Waals surface area (Å²) in [6.07, 6.45) is 4.36. The first-order valence-electron chi connectivity index (χ1n) is 5.91. The summed E-state index contributed by atoms with van der Waals surface area (Å²) in [6.45, 7) is 1.99. The Hall–Kier alpha value is -1.66. The largest absolute Gasteiger partial charge is 0.472 e. The van der Waals surface area contributed by atoms with Crippen molar-refractivity contribution >= 4 is 33.0 Å². The molecule has 1 atom stereocenters. The van der Waals surface area contributed by atoms with E-state index in [4.69, 9.17) is 16.0 Å². The number of hydrogen-bond acceptors (Lipinski definition) is 4. The lowest BCUT2D eigenvalue weighted by atomic mass is 10.1. The van der Waals surface area contributed by atoms with Gasteiger partial charge in [0.25, 0.3) is 0 Å². The Kier molecular flexibility index (Phi) is 4.25. The van der Waals surface area contributed by atoms with Crippen molar-refractivity contribution in [3.8, 4) is 0 Å². The van der Waals surface area contributed by atoms with Crippen LogP contribution in [0.15, 0.2) is 41.2 Å². The van der Waals surface area contributed by atoms with E-state index < -0.39 is 10.0 Å². The van der Waals surface area contributed by atoms with Gasteiger partial charge in [0.1, 0.15) is 0 Å². The molecule has 0 saturated carbocycles. The van der Waals surface area contributed by atoms with Crippen LogP contribution in [0.2, 0.25) is 5.02 Å². The fraction of sp³-hybridized carbons (Fsp3) is 0.231. The lowest BCUT2D eigenvalue weighted by Crippen LogP contribution is -2.10. The SMILES string of the molecule is CC(Nc1ccc(NS(C)(=O)=O)c(Cl)c1)c1ccoc1. The molecule has 0 fully saturated rings. The Balaban J connectivity index is 2.13. The molecular weight excluding hydrogens is 300 g/mol. The molecule has 2 rings (SSSR count). The lowest BCUT2D eigenvalue weighted by molar-refractivity contribution is 0.562. The van der Waals surface area contributed by atoms with Crippen LogP contribution in [0.1, 0.15) is 18.5 Å². The predicted molar refractivity (Wildman–Crippen MR) is 80.7 cm³/mol. The van der Waals surface area contributed by atoms with Gasteiger partial charge in [-0.25, -0.2) is 8.42 Å². The van der Waals surface area contributed by atoms with Crippen LogP contribution in [-0.4, -0.2) is 14.7 Å². The number of furan rings is 1. The van der Waals surface area contributed by atoms with Crippen molar-refractivity contribution in [2.24, 2.45) is 0 Å². The Bertz CT molecular complexity index is 684. The third kappa shape index (κ3) is 3.91. The Morgan fingerprint density at radius 3 is 2.60 bits per heavy atom. The van der Waals surface area contributed by atoms with Crippen LogP contribution in [0.25, 0.3) is 0 Å². The van der Waals surface area contributed by atoms with Crippen LogP contribution < -0.4 is 10.0 Å². The third-order valence-electron chi connectivity index (χ3n) is 2.69. The molecule has 1 aromatic carbocycles. The zero-order valence-electron chi connectivity index (χ0n) is 11.1. The minimum absolute atomic E-state index is 0.0542. The molecule has 0 radical (unpaired) electrons. The third-order valence-corrected chi connectivity index (χ3v) is 3.59. The normalized spacial score (nSPS) is 12.9. The van der Waals surface area contributed by atoms with Crippen LogP contribution in [0.3, 0.4) is 0 Å². The maximum atomic E-state index is 11.2. The first-order valence-corrected chi connectivity index (χ1v) is 8.18. The summed E-state index contributed by atoms with van der Waals surface area (Å²) in [5.74, 6) is 0. The summed E-state index contributed by atoms with van der Waals surface area (Å²) < 4.78 is 29.7. The molecule has 108 valence electrons. The van der Waals surface area contributed by atoms with Gasteiger partial charge in [-0.2, -0.15) is 0 Å². The molecule has 0 bridgehead atoms. The number of rotatable bonds is 5. The van der Waals surface area contributed by atoms with Crippen molar-refractivity contribution < 1.29 is 12.8 Å². The maximum Gasteiger partial charge on any atom is 0.229 e. The zero-order chi connectivity index (χ0) is 14.8. The van der Waals surface area contributed by atoms with E-state index in [1.54, 1.807) is 30.7 Å². The maximum absolute atomic E-state index is 11.2. The summed E-state index contributed by atoms with van der Waals surface area (Å²) in [7, 11) is -3.34. The lowest BCUT2D eigenvalue weighted by Gasteiger charge is -2.15. The van der Waals surface area contributed by atoms with Crippen molar-refractivity contribution in [1.82, 2.24) is 0 Å². The number of sulfonamides is 1. The van der Waals surface area contributed by atoms with Gasteiger partial charge in [-0.3, -0.25) is 4.72 Å². The van der Waals surface area contributed by atoms with E-state index in [1.165, 1.54) is 0 Å². The van der Waals surface area contributed by atoms with Gasteiger partial charge in [-0.1, -0.05) is 11.6 Å². The second-order valence-electron chi connectivity index (χ2n) is 4.49. The highest BCUT2D eigenvalue weighted by Crippen LogP contribution is 2.28. The number of hydrogen-bond donors (Lipinski definition) is 2. The average Bonchev–Trinajstić information content (AvgIpc) is 2.85. The first-order chi connectivity index (χ1) is 9.35. The molecule has 1 unspecified atom stereocenters. The number of nitrogens with one attached hydrogen (secondary N) is 2. The van der Waals surface area contributed by atoms with Crippen LogP contribution in [0, 0.1) is 0 Å². The summed E-state index contributed by atoms with van der Waals surface area (Å²) in [5.41, 5.74) is 2.16. The van der Waals surface area contributed by atoms with Gasteiger partial charge in [-0.15, -0.1) is 0 Å². The van der Waals surface area contributed by atoms with Crippen LogP contribution in [0.5, 0.6) is 0 Å². The molecule has 0 aliphatic carbocycles. The molecule has 1 heterocycles. The van der Waals surface area contributed by atoms with E-state index >= 15 is 0 Å². The highest BCUT2D eigenvalue weighted by molar-refractivity contribution is 7.92. The van der Waals surface area contributed by atoms with Gasteiger partial charge < -0.3 is 9.73 Å². The molecule has 7 heteroatoms. The monoisotopic (exact) mass is 314 g/mol. The van der Waals surface area contributed by atoms with E-state index in [0.29, 0.717) is 10.7 Å². The van der Waals surface area contributed by atoms with Crippen LogP contribution in [0.4, 0.5) is 11.4 Å². The van der Waals surface area contributed by atoms with Crippen molar-refractivity contribution in [3.05, 3.63) is 47.4 Å². The minimum Gasteiger partial charge on any atom is -0.472 e. The molecule has 2 aromatic rings. The molecular formula is C13H15ClN2O3S. The number of halogens is 1. The smallest absolute Gasteiger partial charge is 0.229 e. The highest BCUT2D eigenvalue weighted by Gasteiger charge is 2.10. The molecule has 20 heavy (non-hydrogen) atoms. The van der Waals surface area contributed by atoms with Crippen molar-refractivity contribution in [3.63, 3.8) is 0 Å². The van der Waals surface area contributed by atoms with Crippen LogP contribution in [-0.2, 0) is 10.0 Å². The summed E-state index contributed by atoms with van der Waals surface area (Å²) in [5, 5.41) is 3.59. The molecule has 2 N–H and O–H groups in total. The molecule has 0 aliphatic heterocycles. The summed E-state index contributed by atoms with van der Waals surface area (Å²) >= 11 is 6.06. The quantitative estimate of drug-likeness (QED) is 0.886. The van der Waals surface area contributed by atoms with E-state index in [-0.39, 0.29) is 6.04 Å². The van der Waals surface area contributed by atoms with Gasteiger partial charge in [0.05, 0.1) is 35.5 Å². The second-order valence-corrected chi connectivity index (χ2v) is 6.65. The average molecular weight is 315 g/mol. The van der Waals surface area contributed by atoms with Crippen molar-refractivity contribution in [1.29, 1.82) is 0 Å². The first kappa shape index (κ1) is 14.7. The van der Waals surface area contributed by atoms with Crippen molar-refractivity contribution in [2.45, 2.75) is 13.0 Å². The molecule has 0 aliphatic rings. The fourth-order valence-electron chi connectivity index (χ4n) is 1.74. The standard InChI is InChI=1S/C13H15ClN2O3S/c1-9(10-5-6-19-8-10)15-11-3-4-13(12(14)7-11)16-20(2,17)18/h3-9,15-16H,1-2H3. The Labute approximate surface area is 123 Å².